The summed E-state index contributed by atoms with van der Waals surface area (Å²) in [6, 6.07) is 41.8. The standard InChI is InChI=1S/C26H27.C24H27.C2H6Si.2ClH.Zr/c1-17-9-22-3-2-4-24(25(22)10-17)21-5-7-23(8-6-21)26-14-18-11-19(15-26)13-20(12-18)16-26;1-24(2,3)21-13-11-18(12-14-21)22-10-6-9-19-15-20(16-23(19)22)17-7-4-5-8-17;1-3-2;;;/h2-10,18-20H,11-16H2,1H3;6,9-17H,4-5,7-8H2,1-3H3;1-2H3;2*1H;/q2*-1;;;;+4/p-2. The Bertz CT molecular complexity index is 2140. The molecule has 0 aromatic heterocycles. The van der Waals surface area contributed by atoms with E-state index in [9.17, 15) is 0 Å². The summed E-state index contributed by atoms with van der Waals surface area (Å²) in [7, 11) is 11.0. The molecule has 0 amide bonds. The quantitative estimate of drug-likeness (QED) is 0.122. The maximum absolute atomic E-state index is 4.93. The third-order valence-electron chi connectivity index (χ3n) is 13.4. The predicted molar refractivity (Wildman–Crippen MR) is 244 cm³/mol. The number of rotatable bonds is 4. The summed E-state index contributed by atoms with van der Waals surface area (Å²) >= 11 is -0.826. The summed E-state index contributed by atoms with van der Waals surface area (Å²) in [5.74, 6) is 3.83. The van der Waals surface area contributed by atoms with Crippen LogP contribution in [0.1, 0.15) is 113 Å². The Morgan fingerprint density at radius 3 is 1.62 bits per heavy atom. The Morgan fingerprint density at radius 2 is 1.12 bits per heavy atom. The van der Waals surface area contributed by atoms with E-state index < -0.39 is 20.8 Å². The van der Waals surface area contributed by atoms with Crippen molar-refractivity contribution in [1.82, 2.24) is 0 Å². The van der Waals surface area contributed by atoms with E-state index in [-0.39, 0.29) is 5.41 Å². The average molecular weight is 875 g/mol. The molecule has 4 heteroatoms. The minimum absolute atomic E-state index is 0.209. The fourth-order valence-corrected chi connectivity index (χ4v) is 11.3. The van der Waals surface area contributed by atoms with Crippen molar-refractivity contribution >= 4 is 48.1 Å². The van der Waals surface area contributed by atoms with Gasteiger partial charge in [0.1, 0.15) is 0 Å². The van der Waals surface area contributed by atoms with Gasteiger partial charge >= 0.3 is 37.9 Å². The van der Waals surface area contributed by atoms with E-state index in [0.29, 0.717) is 5.41 Å². The third-order valence-corrected chi connectivity index (χ3v) is 13.4. The van der Waals surface area contributed by atoms with E-state index in [0.717, 1.165) is 33.2 Å². The van der Waals surface area contributed by atoms with E-state index in [4.69, 9.17) is 17.0 Å². The van der Waals surface area contributed by atoms with Crippen molar-refractivity contribution in [3.8, 4) is 22.3 Å². The normalized spacial score (nSPS) is 22.5. The van der Waals surface area contributed by atoms with Gasteiger partial charge in [0.2, 0.25) is 0 Å². The van der Waals surface area contributed by atoms with Crippen LogP contribution >= 0.6 is 17.0 Å². The molecular weight excluding hydrogens is 815 g/mol. The molecule has 5 aliphatic carbocycles. The molecule has 2 radical (unpaired) electrons. The van der Waals surface area contributed by atoms with Crippen molar-refractivity contribution in [2.45, 2.75) is 122 Å². The summed E-state index contributed by atoms with van der Waals surface area (Å²) in [5, 5.41) is 5.58. The van der Waals surface area contributed by atoms with Gasteiger partial charge in [-0.2, -0.15) is 12.1 Å². The van der Waals surface area contributed by atoms with Crippen LogP contribution in [0.5, 0.6) is 0 Å². The molecule has 11 rings (SSSR count). The molecule has 6 aromatic rings. The summed E-state index contributed by atoms with van der Waals surface area (Å²) in [4.78, 5) is 0. The summed E-state index contributed by atoms with van der Waals surface area (Å²) in [6.07, 6.45) is 14.5. The van der Waals surface area contributed by atoms with E-state index in [1.54, 1.807) is 11.1 Å². The van der Waals surface area contributed by atoms with Crippen LogP contribution in [0.2, 0.25) is 13.1 Å². The number of halogens is 2. The Kier molecular flexibility index (Phi) is 13.7. The van der Waals surface area contributed by atoms with Crippen LogP contribution in [0.3, 0.4) is 0 Å². The molecule has 0 saturated heterocycles. The number of fused-ring (bicyclic) bond motifs is 2. The zero-order valence-corrected chi connectivity index (χ0v) is 39.5. The number of hydrogen-bond acceptors (Lipinski definition) is 0. The van der Waals surface area contributed by atoms with Gasteiger partial charge in [0, 0.05) is 9.52 Å². The molecule has 56 heavy (non-hydrogen) atoms. The number of benzene rings is 4. The summed E-state index contributed by atoms with van der Waals surface area (Å²) in [5.41, 5.74) is 12.1. The first kappa shape index (κ1) is 41.9. The minimum atomic E-state index is -0.826. The Hall–Kier alpha value is -2.22. The van der Waals surface area contributed by atoms with Crippen molar-refractivity contribution in [3.63, 3.8) is 0 Å². The first-order valence-electron chi connectivity index (χ1n) is 21.2. The van der Waals surface area contributed by atoms with Crippen LogP contribution in [0.15, 0.2) is 109 Å². The van der Waals surface area contributed by atoms with Crippen LogP contribution < -0.4 is 0 Å². The van der Waals surface area contributed by atoms with E-state index in [2.05, 4.69) is 150 Å². The van der Waals surface area contributed by atoms with Gasteiger partial charge in [0.15, 0.2) is 0 Å². The molecule has 290 valence electrons. The molecule has 5 fully saturated rings. The molecule has 0 nitrogen and oxygen atoms in total. The molecule has 0 spiro atoms. The third kappa shape index (κ3) is 9.31. The molecule has 5 aliphatic rings. The monoisotopic (exact) mass is 872 g/mol. The van der Waals surface area contributed by atoms with Crippen molar-refractivity contribution < 1.29 is 20.8 Å². The number of hydrogen-bond donors (Lipinski definition) is 0. The van der Waals surface area contributed by atoms with Crippen molar-refractivity contribution in [1.29, 1.82) is 0 Å². The zero-order chi connectivity index (χ0) is 39.5. The molecule has 4 bridgehead atoms. The molecule has 0 N–H and O–H groups in total. The predicted octanol–water partition coefficient (Wildman–Crippen LogP) is 16.3. The number of aryl methyl sites for hydroxylation is 1. The summed E-state index contributed by atoms with van der Waals surface area (Å²) < 4.78 is 0. The first-order chi connectivity index (χ1) is 27.0. The van der Waals surface area contributed by atoms with Gasteiger partial charge in [0.25, 0.3) is 0 Å². The Labute approximate surface area is 359 Å². The van der Waals surface area contributed by atoms with Crippen LogP contribution in [-0.2, 0) is 31.7 Å². The van der Waals surface area contributed by atoms with Gasteiger partial charge in [-0.15, -0.1) is 69.1 Å². The van der Waals surface area contributed by atoms with Crippen molar-refractivity contribution in [2.24, 2.45) is 17.8 Å². The average Bonchev–Trinajstić information content (AvgIpc) is 3.95. The zero-order valence-electron chi connectivity index (χ0n) is 34.5. The fraction of sp³-hybridized carbons (Fsp3) is 0.423. The van der Waals surface area contributed by atoms with E-state index >= 15 is 0 Å². The van der Waals surface area contributed by atoms with Gasteiger partial charge in [-0.25, -0.2) is 0 Å². The van der Waals surface area contributed by atoms with Crippen LogP contribution in [0, 0.1) is 24.7 Å². The summed E-state index contributed by atoms with van der Waals surface area (Å²) in [6.45, 7) is 13.3. The Balaban J connectivity index is 0.000000151. The van der Waals surface area contributed by atoms with Gasteiger partial charge in [-0.3, -0.25) is 0 Å². The van der Waals surface area contributed by atoms with Gasteiger partial charge in [0.05, 0.1) is 0 Å². The maximum atomic E-state index is 4.93. The molecule has 6 aromatic carbocycles. The second kappa shape index (κ2) is 18.4. The van der Waals surface area contributed by atoms with Gasteiger partial charge in [-0.1, -0.05) is 125 Å². The molecule has 0 unspecified atom stereocenters. The van der Waals surface area contributed by atoms with Crippen molar-refractivity contribution in [3.05, 3.63) is 131 Å². The second-order valence-electron chi connectivity index (χ2n) is 18.6. The van der Waals surface area contributed by atoms with Crippen molar-refractivity contribution in [2.75, 3.05) is 0 Å². The molecule has 0 atom stereocenters. The molecule has 0 heterocycles. The molecule has 0 aliphatic heterocycles. The SMILES string of the molecule is CC(C)(C)c1ccc(-c2cccc3[cH-]c(C4CCCC4)cc23)cc1.C[Si]C.Cc1cc2c(-c3ccc(C45CC6CC(CC(C6)C4)C5)cc3)cccc2[cH-]1.[Cl][Zr+2][Cl]. The molecule has 5 saturated carbocycles. The topological polar surface area (TPSA) is 0 Å². The van der Waals surface area contributed by atoms with Gasteiger partial charge in [-0.05, 0) is 108 Å². The first-order valence-corrected chi connectivity index (χ1v) is 29.5. The van der Waals surface area contributed by atoms with E-state index in [1.807, 2.05) is 0 Å². The van der Waals surface area contributed by atoms with Gasteiger partial charge < -0.3 is 0 Å². The van der Waals surface area contributed by atoms with E-state index in [1.165, 1.54) is 119 Å². The van der Waals surface area contributed by atoms with Crippen LogP contribution in [0.25, 0.3) is 43.8 Å². The fourth-order valence-electron chi connectivity index (χ4n) is 11.3. The van der Waals surface area contributed by atoms with Crippen LogP contribution in [0.4, 0.5) is 0 Å². The second-order valence-corrected chi connectivity index (χ2v) is 23.3. The Morgan fingerprint density at radius 1 is 0.661 bits per heavy atom. The molecular formula is C52H60Cl2SiZr. The van der Waals surface area contributed by atoms with Crippen LogP contribution in [-0.4, -0.2) is 9.52 Å².